The Labute approximate surface area is 211 Å². The van der Waals surface area contributed by atoms with Crippen LogP contribution in [0.4, 0.5) is 13.2 Å². The lowest BCUT2D eigenvalue weighted by molar-refractivity contribution is -0.155. The lowest BCUT2D eigenvalue weighted by Crippen LogP contribution is -2.38. The number of fused-ring (bicyclic) bond motifs is 1. The van der Waals surface area contributed by atoms with E-state index in [1.807, 2.05) is 30.3 Å². The highest BCUT2D eigenvalue weighted by Crippen LogP contribution is 2.33. The molecule has 0 spiro atoms. The summed E-state index contributed by atoms with van der Waals surface area (Å²) in [4.78, 5) is 33.1. The fourth-order valence-corrected chi connectivity index (χ4v) is 4.02. The Bertz CT molecular complexity index is 1390. The maximum atomic E-state index is 13.7. The number of alkyl halides is 3. The molecule has 0 aliphatic heterocycles. The summed E-state index contributed by atoms with van der Waals surface area (Å²) >= 11 is 0. The van der Waals surface area contributed by atoms with Crippen LogP contribution < -0.4 is 5.32 Å². The fourth-order valence-electron chi connectivity index (χ4n) is 4.02. The van der Waals surface area contributed by atoms with Crippen molar-refractivity contribution < 1.29 is 27.9 Å². The first-order valence-electron chi connectivity index (χ1n) is 11.7. The number of carboxylic acid groups (broad SMARTS) is 1. The number of nitrogens with one attached hydrogen (secondary N) is 1. The van der Waals surface area contributed by atoms with E-state index >= 15 is 0 Å². The standard InChI is InChI=1S/C28H24F3N3O3/c29-28(30,31)26(19-11-5-2-6-12-19)34-27(37)20-15-16-21-23(17-20)32-22(13-7-8-14-24(35)36)25(33-21)18-9-3-1-4-10-18/h1-6,9-12,15-17,26H,7-8,13-14H2,(H,34,37)(H,35,36). The molecule has 2 N–H and O–H groups in total. The van der Waals surface area contributed by atoms with Crippen LogP contribution in [0.3, 0.4) is 0 Å². The van der Waals surface area contributed by atoms with Crippen LogP contribution >= 0.6 is 0 Å². The van der Waals surface area contributed by atoms with Crippen LogP contribution in [0.1, 0.15) is 46.9 Å². The zero-order chi connectivity index (χ0) is 26.4. The Morgan fingerprint density at radius 1 is 0.865 bits per heavy atom. The highest BCUT2D eigenvalue weighted by atomic mass is 19.4. The first kappa shape index (κ1) is 25.8. The number of benzene rings is 3. The van der Waals surface area contributed by atoms with Gasteiger partial charge in [-0.15, -0.1) is 0 Å². The second-order valence-electron chi connectivity index (χ2n) is 8.55. The number of amides is 1. The maximum absolute atomic E-state index is 13.7. The molecule has 4 aromatic rings. The van der Waals surface area contributed by atoms with Crippen LogP contribution in [0.5, 0.6) is 0 Å². The van der Waals surface area contributed by atoms with Gasteiger partial charge in [0.25, 0.3) is 5.91 Å². The number of carbonyl (C=O) groups is 2. The van der Waals surface area contributed by atoms with Gasteiger partial charge in [-0.1, -0.05) is 60.7 Å². The second kappa shape index (κ2) is 11.2. The van der Waals surface area contributed by atoms with Crippen LogP contribution in [-0.4, -0.2) is 33.1 Å². The highest BCUT2D eigenvalue weighted by molar-refractivity contribution is 5.97. The third-order valence-corrected chi connectivity index (χ3v) is 5.84. The summed E-state index contributed by atoms with van der Waals surface area (Å²) in [6.45, 7) is 0. The van der Waals surface area contributed by atoms with Crippen LogP contribution in [0.25, 0.3) is 22.3 Å². The van der Waals surface area contributed by atoms with Gasteiger partial charge in [0.15, 0.2) is 6.04 Å². The van der Waals surface area contributed by atoms with Gasteiger partial charge in [0.2, 0.25) is 0 Å². The summed E-state index contributed by atoms with van der Waals surface area (Å²) in [6, 6.07) is 18.8. The summed E-state index contributed by atoms with van der Waals surface area (Å²) in [5.74, 6) is -1.76. The van der Waals surface area contributed by atoms with Crippen molar-refractivity contribution in [2.45, 2.75) is 37.9 Å². The first-order valence-corrected chi connectivity index (χ1v) is 11.7. The van der Waals surface area contributed by atoms with Gasteiger partial charge < -0.3 is 10.4 Å². The lowest BCUT2D eigenvalue weighted by Gasteiger charge is -2.22. The van der Waals surface area contributed by atoms with E-state index in [4.69, 9.17) is 10.1 Å². The van der Waals surface area contributed by atoms with Gasteiger partial charge in [-0.05, 0) is 43.0 Å². The van der Waals surface area contributed by atoms with Crippen molar-refractivity contribution in [1.82, 2.24) is 15.3 Å². The normalized spacial score (nSPS) is 12.3. The van der Waals surface area contributed by atoms with Gasteiger partial charge >= 0.3 is 12.1 Å². The average molecular weight is 508 g/mol. The predicted molar refractivity (Wildman–Crippen MR) is 133 cm³/mol. The molecule has 1 amide bonds. The molecule has 0 radical (unpaired) electrons. The molecule has 0 saturated heterocycles. The molecule has 0 fully saturated rings. The fraction of sp³-hybridized carbons (Fsp3) is 0.214. The van der Waals surface area contributed by atoms with Gasteiger partial charge in [0.1, 0.15) is 0 Å². The number of carbonyl (C=O) groups excluding carboxylic acids is 1. The summed E-state index contributed by atoms with van der Waals surface area (Å²) in [7, 11) is 0. The number of carboxylic acids is 1. The van der Waals surface area contributed by atoms with Crippen molar-refractivity contribution in [3.63, 3.8) is 0 Å². The van der Waals surface area contributed by atoms with Gasteiger partial charge in [-0.3, -0.25) is 9.59 Å². The van der Waals surface area contributed by atoms with E-state index in [0.29, 0.717) is 41.7 Å². The van der Waals surface area contributed by atoms with Crippen LogP contribution in [0, 0.1) is 0 Å². The largest absolute Gasteiger partial charge is 0.481 e. The number of aliphatic carboxylic acids is 1. The molecular weight excluding hydrogens is 483 g/mol. The Hall–Kier alpha value is -4.27. The SMILES string of the molecule is O=C(O)CCCCc1nc2cc(C(=O)NC(c3ccccc3)C(F)(F)F)ccc2nc1-c1ccccc1. The molecule has 0 aliphatic carbocycles. The molecule has 3 aromatic carbocycles. The van der Waals surface area contributed by atoms with Crippen molar-refractivity contribution in [2.24, 2.45) is 0 Å². The van der Waals surface area contributed by atoms with Crippen molar-refractivity contribution in [3.05, 3.63) is 95.7 Å². The summed E-state index contributed by atoms with van der Waals surface area (Å²) in [5.41, 5.74) is 2.91. The monoisotopic (exact) mass is 507 g/mol. The molecule has 4 rings (SSSR count). The minimum absolute atomic E-state index is 0.0243. The molecule has 1 heterocycles. The summed E-state index contributed by atoms with van der Waals surface area (Å²) < 4.78 is 41.2. The molecular formula is C28H24F3N3O3. The van der Waals surface area contributed by atoms with Gasteiger partial charge in [-0.25, -0.2) is 9.97 Å². The average Bonchev–Trinajstić information content (AvgIpc) is 2.89. The molecule has 6 nitrogen and oxygen atoms in total. The molecule has 190 valence electrons. The minimum Gasteiger partial charge on any atom is -0.481 e. The Morgan fingerprint density at radius 2 is 1.54 bits per heavy atom. The Morgan fingerprint density at radius 3 is 2.19 bits per heavy atom. The van der Waals surface area contributed by atoms with E-state index < -0.39 is 24.1 Å². The van der Waals surface area contributed by atoms with Gasteiger partial charge in [-0.2, -0.15) is 13.2 Å². The number of hydrogen-bond donors (Lipinski definition) is 2. The number of halogens is 3. The molecule has 9 heteroatoms. The number of unbranched alkanes of at least 4 members (excludes halogenated alkanes) is 1. The zero-order valence-corrected chi connectivity index (χ0v) is 19.7. The molecule has 0 aliphatic rings. The topological polar surface area (TPSA) is 92.2 Å². The number of rotatable bonds is 9. The highest BCUT2D eigenvalue weighted by Gasteiger charge is 2.42. The number of nitrogens with zero attached hydrogens (tertiary/aromatic N) is 2. The summed E-state index contributed by atoms with van der Waals surface area (Å²) in [6.07, 6.45) is -3.16. The summed E-state index contributed by atoms with van der Waals surface area (Å²) in [5, 5.41) is 11.0. The first-order chi connectivity index (χ1) is 17.7. The van der Waals surface area contributed by atoms with E-state index in [2.05, 4.69) is 10.3 Å². The quantitative estimate of drug-likeness (QED) is 0.266. The van der Waals surface area contributed by atoms with E-state index in [9.17, 15) is 22.8 Å². The van der Waals surface area contributed by atoms with E-state index in [0.717, 1.165) is 5.56 Å². The molecule has 1 aromatic heterocycles. The minimum atomic E-state index is -4.68. The molecule has 1 atom stereocenters. The Balaban J connectivity index is 1.66. The zero-order valence-electron chi connectivity index (χ0n) is 19.7. The van der Waals surface area contributed by atoms with Gasteiger partial charge in [0.05, 0.1) is 22.4 Å². The van der Waals surface area contributed by atoms with E-state index in [1.54, 1.807) is 12.1 Å². The molecule has 1 unspecified atom stereocenters. The molecule has 0 saturated carbocycles. The van der Waals surface area contributed by atoms with Crippen molar-refractivity contribution in [3.8, 4) is 11.3 Å². The predicted octanol–water partition coefficient (Wildman–Crippen LogP) is 6.13. The maximum Gasteiger partial charge on any atom is 0.412 e. The smallest absolute Gasteiger partial charge is 0.412 e. The second-order valence-corrected chi connectivity index (χ2v) is 8.55. The van der Waals surface area contributed by atoms with Crippen LogP contribution in [0.2, 0.25) is 0 Å². The Kier molecular flexibility index (Phi) is 7.81. The number of aryl methyl sites for hydroxylation is 1. The van der Waals surface area contributed by atoms with Crippen molar-refractivity contribution in [2.75, 3.05) is 0 Å². The molecule has 0 bridgehead atoms. The van der Waals surface area contributed by atoms with E-state index in [-0.39, 0.29) is 17.5 Å². The number of aromatic nitrogens is 2. The number of hydrogen-bond acceptors (Lipinski definition) is 4. The molecule has 37 heavy (non-hydrogen) atoms. The lowest BCUT2D eigenvalue weighted by atomic mass is 10.0. The third-order valence-electron chi connectivity index (χ3n) is 5.84. The third kappa shape index (κ3) is 6.49. The van der Waals surface area contributed by atoms with Crippen LogP contribution in [-0.2, 0) is 11.2 Å². The van der Waals surface area contributed by atoms with Crippen molar-refractivity contribution in [1.29, 1.82) is 0 Å². The van der Waals surface area contributed by atoms with E-state index in [1.165, 1.54) is 36.4 Å². The van der Waals surface area contributed by atoms with Crippen LogP contribution in [0.15, 0.2) is 78.9 Å². The van der Waals surface area contributed by atoms with Crippen molar-refractivity contribution >= 4 is 22.9 Å². The van der Waals surface area contributed by atoms with Gasteiger partial charge in [0, 0.05) is 17.5 Å².